The van der Waals surface area contributed by atoms with Crippen molar-refractivity contribution in [3.05, 3.63) is 65.5 Å². The van der Waals surface area contributed by atoms with Crippen LogP contribution in [0, 0.1) is 0 Å². The molecule has 1 N–H and O–H groups in total. The van der Waals surface area contributed by atoms with Crippen LogP contribution in [-0.2, 0) is 0 Å². The van der Waals surface area contributed by atoms with Gasteiger partial charge in [-0.05, 0) is 48.5 Å². The summed E-state index contributed by atoms with van der Waals surface area (Å²) in [5, 5.41) is 7.30. The van der Waals surface area contributed by atoms with Crippen LogP contribution in [0.4, 0.5) is 0 Å². The zero-order valence-corrected chi connectivity index (χ0v) is 13.7. The zero-order chi connectivity index (χ0) is 14.5. The molecule has 0 aliphatic carbocycles. The predicted molar refractivity (Wildman–Crippen MR) is 95.4 cm³/mol. The smallest absolute Gasteiger partial charge is 0.0478 e. The topological polar surface area (TPSA) is 12.0 Å². The zero-order valence-electron chi connectivity index (χ0n) is 12.1. The van der Waals surface area contributed by atoms with Crippen molar-refractivity contribution >= 4 is 33.2 Å². The third kappa shape index (κ3) is 3.49. The number of nitrogens with one attached hydrogen (secondary N) is 1. The highest BCUT2D eigenvalue weighted by Gasteiger charge is 2.14. The van der Waals surface area contributed by atoms with Gasteiger partial charge in [0.2, 0.25) is 0 Å². The van der Waals surface area contributed by atoms with Gasteiger partial charge in [-0.1, -0.05) is 42.5 Å². The van der Waals surface area contributed by atoms with Gasteiger partial charge in [0.05, 0.1) is 0 Å². The average molecular weight is 313 g/mol. The molecule has 3 heteroatoms. The molecule has 0 saturated carbocycles. The van der Waals surface area contributed by atoms with Crippen molar-refractivity contribution in [1.82, 2.24) is 5.32 Å². The van der Waals surface area contributed by atoms with E-state index in [1.807, 2.05) is 30.1 Å². The molecule has 1 nitrogen and oxygen atoms in total. The SMILES string of the molecule is CNCCC(Sc1cccc2ccsc12)c1ccccc1. The fourth-order valence-electron chi connectivity index (χ4n) is 2.45. The standard InChI is InChI=1S/C18H19NS2/c1-19-12-10-16(14-6-3-2-4-7-14)21-17-9-5-8-15-11-13-20-18(15)17/h2-9,11,13,16,19H,10,12H2,1H3. The Morgan fingerprint density at radius 1 is 1.05 bits per heavy atom. The van der Waals surface area contributed by atoms with Crippen LogP contribution in [-0.4, -0.2) is 13.6 Å². The maximum atomic E-state index is 3.28. The summed E-state index contributed by atoms with van der Waals surface area (Å²) in [5.74, 6) is 0. The molecule has 0 aliphatic rings. The monoisotopic (exact) mass is 313 g/mol. The minimum atomic E-state index is 0.492. The lowest BCUT2D eigenvalue weighted by Crippen LogP contribution is -2.10. The number of benzene rings is 2. The van der Waals surface area contributed by atoms with Crippen LogP contribution in [0.1, 0.15) is 17.2 Å². The van der Waals surface area contributed by atoms with Crippen LogP contribution < -0.4 is 5.32 Å². The molecule has 0 radical (unpaired) electrons. The summed E-state index contributed by atoms with van der Waals surface area (Å²) >= 11 is 3.82. The van der Waals surface area contributed by atoms with Gasteiger partial charge in [-0.2, -0.15) is 0 Å². The summed E-state index contributed by atoms with van der Waals surface area (Å²) in [5.41, 5.74) is 1.41. The van der Waals surface area contributed by atoms with E-state index < -0.39 is 0 Å². The lowest BCUT2D eigenvalue weighted by atomic mass is 10.1. The van der Waals surface area contributed by atoms with Crippen molar-refractivity contribution in [2.24, 2.45) is 0 Å². The summed E-state index contributed by atoms with van der Waals surface area (Å²) in [4.78, 5) is 1.40. The number of hydrogen-bond donors (Lipinski definition) is 1. The molecular formula is C18H19NS2. The Morgan fingerprint density at radius 2 is 1.90 bits per heavy atom. The van der Waals surface area contributed by atoms with Gasteiger partial charge in [0.25, 0.3) is 0 Å². The third-order valence-electron chi connectivity index (χ3n) is 3.54. The van der Waals surface area contributed by atoms with Crippen LogP contribution in [0.15, 0.2) is 64.9 Å². The molecule has 0 amide bonds. The lowest BCUT2D eigenvalue weighted by molar-refractivity contribution is 0.715. The molecule has 3 rings (SSSR count). The van der Waals surface area contributed by atoms with E-state index in [9.17, 15) is 0 Å². The Morgan fingerprint density at radius 3 is 2.71 bits per heavy atom. The highest BCUT2D eigenvalue weighted by molar-refractivity contribution is 7.99. The second-order valence-corrected chi connectivity index (χ2v) is 7.17. The maximum Gasteiger partial charge on any atom is 0.0478 e. The largest absolute Gasteiger partial charge is 0.320 e. The van der Waals surface area contributed by atoms with Crippen molar-refractivity contribution in [1.29, 1.82) is 0 Å². The molecule has 1 unspecified atom stereocenters. The molecular weight excluding hydrogens is 294 g/mol. The van der Waals surface area contributed by atoms with E-state index in [1.54, 1.807) is 0 Å². The van der Waals surface area contributed by atoms with E-state index in [0.29, 0.717) is 5.25 Å². The van der Waals surface area contributed by atoms with E-state index in [-0.39, 0.29) is 0 Å². The fraction of sp³-hybridized carbons (Fsp3) is 0.222. The maximum absolute atomic E-state index is 3.28. The Labute approximate surface area is 134 Å². The highest BCUT2D eigenvalue weighted by atomic mass is 32.2. The van der Waals surface area contributed by atoms with E-state index >= 15 is 0 Å². The van der Waals surface area contributed by atoms with Crippen LogP contribution >= 0.6 is 23.1 Å². The second kappa shape index (κ2) is 7.12. The van der Waals surface area contributed by atoms with Crippen molar-refractivity contribution in [2.45, 2.75) is 16.6 Å². The molecule has 0 spiro atoms. The Kier molecular flexibility index (Phi) is 4.96. The molecule has 1 heterocycles. The third-order valence-corrected chi connectivity index (χ3v) is 6.02. The molecule has 21 heavy (non-hydrogen) atoms. The van der Waals surface area contributed by atoms with Gasteiger partial charge in [-0.25, -0.2) is 0 Å². The van der Waals surface area contributed by atoms with Gasteiger partial charge >= 0.3 is 0 Å². The number of thiophene rings is 1. The average Bonchev–Trinajstić information content (AvgIpc) is 3.01. The van der Waals surface area contributed by atoms with E-state index in [0.717, 1.165) is 13.0 Å². The summed E-state index contributed by atoms with van der Waals surface area (Å²) in [6.07, 6.45) is 1.13. The van der Waals surface area contributed by atoms with Crippen LogP contribution in [0.25, 0.3) is 10.1 Å². The first-order chi connectivity index (χ1) is 10.4. The summed E-state index contributed by atoms with van der Waals surface area (Å²) in [6.45, 7) is 1.03. The first-order valence-electron chi connectivity index (χ1n) is 7.21. The molecule has 0 aliphatic heterocycles. The molecule has 0 bridgehead atoms. The fourth-order valence-corrected chi connectivity index (χ4v) is 4.76. The highest BCUT2D eigenvalue weighted by Crippen LogP contribution is 2.41. The molecule has 3 aromatic rings. The summed E-state index contributed by atoms with van der Waals surface area (Å²) in [6, 6.07) is 19.6. The molecule has 108 valence electrons. The normalized spacial score (nSPS) is 12.6. The van der Waals surface area contributed by atoms with Crippen molar-refractivity contribution in [3.63, 3.8) is 0 Å². The summed E-state index contributed by atoms with van der Waals surface area (Å²) < 4.78 is 1.41. The quantitative estimate of drug-likeness (QED) is 0.616. The minimum absolute atomic E-state index is 0.492. The lowest BCUT2D eigenvalue weighted by Gasteiger charge is -2.17. The first kappa shape index (κ1) is 14.6. The van der Waals surface area contributed by atoms with Gasteiger partial charge in [-0.3, -0.25) is 0 Å². The van der Waals surface area contributed by atoms with Crippen molar-refractivity contribution in [3.8, 4) is 0 Å². The first-order valence-corrected chi connectivity index (χ1v) is 8.97. The molecule has 1 aromatic heterocycles. The van der Waals surface area contributed by atoms with Gasteiger partial charge in [0, 0.05) is 14.8 Å². The molecule has 0 saturated heterocycles. The van der Waals surface area contributed by atoms with Gasteiger partial charge in [0.15, 0.2) is 0 Å². The van der Waals surface area contributed by atoms with Crippen molar-refractivity contribution < 1.29 is 0 Å². The Balaban J connectivity index is 1.89. The minimum Gasteiger partial charge on any atom is -0.320 e. The van der Waals surface area contributed by atoms with Crippen LogP contribution in [0.3, 0.4) is 0 Å². The van der Waals surface area contributed by atoms with Gasteiger partial charge in [-0.15, -0.1) is 23.1 Å². The van der Waals surface area contributed by atoms with E-state index in [1.165, 1.54) is 20.5 Å². The second-order valence-electron chi connectivity index (χ2n) is 5.00. The van der Waals surface area contributed by atoms with Crippen molar-refractivity contribution in [2.75, 3.05) is 13.6 Å². The predicted octanol–water partition coefficient (Wildman–Crippen LogP) is 5.34. The van der Waals surface area contributed by atoms with E-state index in [2.05, 4.69) is 65.3 Å². The number of fused-ring (bicyclic) bond motifs is 1. The molecule has 2 aromatic carbocycles. The Bertz CT molecular complexity index is 691. The Hall–Kier alpha value is -1.29. The van der Waals surface area contributed by atoms with Gasteiger partial charge < -0.3 is 5.32 Å². The number of rotatable bonds is 6. The van der Waals surface area contributed by atoms with Crippen LogP contribution in [0.5, 0.6) is 0 Å². The van der Waals surface area contributed by atoms with E-state index in [4.69, 9.17) is 0 Å². The number of thioether (sulfide) groups is 1. The molecule has 0 fully saturated rings. The molecule has 1 atom stereocenters. The van der Waals surface area contributed by atoms with Gasteiger partial charge in [0.1, 0.15) is 0 Å². The summed E-state index contributed by atoms with van der Waals surface area (Å²) in [7, 11) is 2.02. The van der Waals surface area contributed by atoms with Crippen LogP contribution in [0.2, 0.25) is 0 Å². The number of hydrogen-bond acceptors (Lipinski definition) is 3.